The summed E-state index contributed by atoms with van der Waals surface area (Å²) in [7, 11) is 1.93. The van der Waals surface area contributed by atoms with E-state index in [9.17, 15) is 0 Å². The van der Waals surface area contributed by atoms with Crippen LogP contribution in [-0.2, 0) is 4.74 Å². The van der Waals surface area contributed by atoms with Crippen LogP contribution < -0.4 is 5.32 Å². The maximum Gasteiger partial charge on any atom is 0.0869 e. The monoisotopic (exact) mass is 265 g/mol. The Morgan fingerprint density at radius 2 is 1.89 bits per heavy atom. The molecule has 1 unspecified atom stereocenters. The average Bonchev–Trinajstić information content (AvgIpc) is 2.72. The van der Waals surface area contributed by atoms with Crippen molar-refractivity contribution < 1.29 is 4.74 Å². The highest BCUT2D eigenvalue weighted by atomic mass is 16.5. The van der Waals surface area contributed by atoms with Gasteiger partial charge in [-0.2, -0.15) is 0 Å². The number of hydrogen-bond acceptors (Lipinski definition) is 2. The lowest BCUT2D eigenvalue weighted by molar-refractivity contribution is -0.0441. The van der Waals surface area contributed by atoms with Crippen molar-refractivity contribution in [2.45, 2.75) is 82.8 Å². The first-order valence-electron chi connectivity index (χ1n) is 8.30. The Morgan fingerprint density at radius 1 is 1.16 bits per heavy atom. The van der Waals surface area contributed by atoms with Gasteiger partial charge in [0.05, 0.1) is 11.6 Å². The Kier molecular flexibility index (Phi) is 5.90. The molecule has 0 saturated heterocycles. The number of rotatable bonds is 5. The molecule has 0 aromatic carbocycles. The summed E-state index contributed by atoms with van der Waals surface area (Å²) in [5, 5.41) is 3.75. The molecule has 2 rings (SSSR count). The van der Waals surface area contributed by atoms with Gasteiger partial charge in [-0.25, -0.2) is 0 Å². The molecular weight excluding hydrogens is 234 g/mol. The molecule has 1 fully saturated rings. The van der Waals surface area contributed by atoms with Gasteiger partial charge in [-0.05, 0) is 45.1 Å². The van der Waals surface area contributed by atoms with Crippen LogP contribution in [0.1, 0.15) is 71.1 Å². The van der Waals surface area contributed by atoms with Crippen LogP contribution in [0.25, 0.3) is 0 Å². The van der Waals surface area contributed by atoms with Crippen molar-refractivity contribution in [3.63, 3.8) is 0 Å². The van der Waals surface area contributed by atoms with Crippen molar-refractivity contribution in [3.05, 3.63) is 11.6 Å². The van der Waals surface area contributed by atoms with Crippen molar-refractivity contribution in [2.24, 2.45) is 0 Å². The summed E-state index contributed by atoms with van der Waals surface area (Å²) >= 11 is 0. The van der Waals surface area contributed by atoms with Crippen LogP contribution in [0.5, 0.6) is 0 Å². The molecule has 2 aliphatic rings. The highest BCUT2D eigenvalue weighted by Gasteiger charge is 2.40. The van der Waals surface area contributed by atoms with E-state index < -0.39 is 0 Å². The van der Waals surface area contributed by atoms with Crippen LogP contribution in [0.2, 0.25) is 0 Å². The van der Waals surface area contributed by atoms with Crippen LogP contribution in [0.3, 0.4) is 0 Å². The number of nitrogens with one attached hydrogen (secondary N) is 1. The van der Waals surface area contributed by atoms with Gasteiger partial charge < -0.3 is 10.1 Å². The first-order chi connectivity index (χ1) is 9.32. The fourth-order valence-electron chi connectivity index (χ4n) is 3.92. The summed E-state index contributed by atoms with van der Waals surface area (Å²) in [6, 6.07) is 0.445. The zero-order valence-electron chi connectivity index (χ0n) is 12.8. The van der Waals surface area contributed by atoms with Crippen LogP contribution in [0.15, 0.2) is 11.6 Å². The SMILES string of the molecule is CCNC(C1=CCCCC1)C1(OC)CCCCCC1. The molecule has 0 radical (unpaired) electrons. The summed E-state index contributed by atoms with van der Waals surface area (Å²) in [5.41, 5.74) is 1.67. The summed E-state index contributed by atoms with van der Waals surface area (Å²) in [4.78, 5) is 0. The predicted octanol–water partition coefficient (Wildman–Crippen LogP) is 4.20. The maximum absolute atomic E-state index is 6.12. The van der Waals surface area contributed by atoms with Gasteiger partial charge in [-0.3, -0.25) is 0 Å². The normalized spacial score (nSPS) is 25.5. The molecule has 110 valence electrons. The quantitative estimate of drug-likeness (QED) is 0.594. The van der Waals surface area contributed by atoms with Crippen LogP contribution in [0.4, 0.5) is 0 Å². The molecule has 0 aliphatic heterocycles. The van der Waals surface area contributed by atoms with Gasteiger partial charge in [-0.15, -0.1) is 0 Å². The Morgan fingerprint density at radius 3 is 2.42 bits per heavy atom. The van der Waals surface area contributed by atoms with E-state index >= 15 is 0 Å². The number of ether oxygens (including phenoxy) is 1. The molecule has 0 spiro atoms. The van der Waals surface area contributed by atoms with Crippen LogP contribution >= 0.6 is 0 Å². The topological polar surface area (TPSA) is 21.3 Å². The van der Waals surface area contributed by atoms with E-state index in [-0.39, 0.29) is 5.60 Å². The largest absolute Gasteiger partial charge is 0.376 e. The Hall–Kier alpha value is -0.340. The molecular formula is C17H31NO. The van der Waals surface area contributed by atoms with Crippen molar-refractivity contribution >= 4 is 0 Å². The first-order valence-corrected chi connectivity index (χ1v) is 8.30. The zero-order chi connectivity index (χ0) is 13.6. The molecule has 0 heterocycles. The molecule has 0 amide bonds. The number of allylic oxidation sites excluding steroid dienone is 1. The first kappa shape index (κ1) is 15.1. The zero-order valence-corrected chi connectivity index (χ0v) is 12.8. The molecule has 1 atom stereocenters. The lowest BCUT2D eigenvalue weighted by Crippen LogP contribution is -2.53. The van der Waals surface area contributed by atoms with E-state index in [1.54, 1.807) is 5.57 Å². The molecule has 0 aromatic rings. The minimum atomic E-state index is 0.0513. The van der Waals surface area contributed by atoms with E-state index in [0.29, 0.717) is 6.04 Å². The molecule has 2 aliphatic carbocycles. The Balaban J connectivity index is 2.20. The van der Waals surface area contributed by atoms with Gasteiger partial charge >= 0.3 is 0 Å². The van der Waals surface area contributed by atoms with Gasteiger partial charge in [0.25, 0.3) is 0 Å². The second-order valence-corrected chi connectivity index (χ2v) is 6.20. The van der Waals surface area contributed by atoms with Crippen molar-refractivity contribution in [1.82, 2.24) is 5.32 Å². The smallest absolute Gasteiger partial charge is 0.0869 e. The summed E-state index contributed by atoms with van der Waals surface area (Å²) in [5.74, 6) is 0. The fraction of sp³-hybridized carbons (Fsp3) is 0.882. The van der Waals surface area contributed by atoms with E-state index in [4.69, 9.17) is 4.74 Å². The number of hydrogen-bond donors (Lipinski definition) is 1. The molecule has 0 aromatic heterocycles. The number of methoxy groups -OCH3 is 1. The summed E-state index contributed by atoms with van der Waals surface area (Å²) in [6.45, 7) is 3.25. The summed E-state index contributed by atoms with van der Waals surface area (Å²) < 4.78 is 6.12. The van der Waals surface area contributed by atoms with Gasteiger partial charge in [-0.1, -0.05) is 44.3 Å². The second-order valence-electron chi connectivity index (χ2n) is 6.20. The highest BCUT2D eigenvalue weighted by molar-refractivity contribution is 5.20. The minimum absolute atomic E-state index is 0.0513. The molecule has 0 bridgehead atoms. The van der Waals surface area contributed by atoms with Gasteiger partial charge in [0, 0.05) is 7.11 Å². The van der Waals surface area contributed by atoms with Crippen LogP contribution in [0, 0.1) is 0 Å². The van der Waals surface area contributed by atoms with Gasteiger partial charge in [0.1, 0.15) is 0 Å². The Labute approximate surface area is 119 Å². The number of likely N-dealkylation sites (N-methyl/N-ethyl adjacent to an activating group) is 1. The maximum atomic E-state index is 6.12. The van der Waals surface area contributed by atoms with E-state index in [1.165, 1.54) is 64.2 Å². The van der Waals surface area contributed by atoms with Crippen LogP contribution in [-0.4, -0.2) is 25.3 Å². The molecule has 19 heavy (non-hydrogen) atoms. The average molecular weight is 265 g/mol. The summed E-state index contributed by atoms with van der Waals surface area (Å²) in [6.07, 6.45) is 15.6. The minimum Gasteiger partial charge on any atom is -0.376 e. The second kappa shape index (κ2) is 7.44. The van der Waals surface area contributed by atoms with Crippen molar-refractivity contribution in [1.29, 1.82) is 0 Å². The van der Waals surface area contributed by atoms with Crippen molar-refractivity contribution in [3.8, 4) is 0 Å². The molecule has 1 N–H and O–H groups in total. The standard InChI is InChI=1S/C17H31NO/c1-3-18-16(15-11-7-6-8-12-15)17(19-2)13-9-4-5-10-14-17/h11,16,18H,3-10,12-14H2,1-2H3. The lowest BCUT2D eigenvalue weighted by atomic mass is 9.78. The lowest BCUT2D eigenvalue weighted by Gasteiger charge is -2.42. The third kappa shape index (κ3) is 3.61. The third-order valence-corrected chi connectivity index (χ3v) is 4.99. The van der Waals surface area contributed by atoms with Gasteiger partial charge in [0.2, 0.25) is 0 Å². The molecule has 2 heteroatoms. The highest BCUT2D eigenvalue weighted by Crippen LogP contribution is 2.37. The van der Waals surface area contributed by atoms with E-state index in [1.807, 2.05) is 7.11 Å². The Bertz CT molecular complexity index is 290. The van der Waals surface area contributed by atoms with Gasteiger partial charge in [0.15, 0.2) is 0 Å². The third-order valence-electron chi connectivity index (χ3n) is 4.99. The molecule has 2 nitrogen and oxygen atoms in total. The van der Waals surface area contributed by atoms with Crippen molar-refractivity contribution in [2.75, 3.05) is 13.7 Å². The van der Waals surface area contributed by atoms with E-state index in [0.717, 1.165) is 6.54 Å². The molecule has 1 saturated carbocycles. The fourth-order valence-corrected chi connectivity index (χ4v) is 3.92. The van der Waals surface area contributed by atoms with E-state index in [2.05, 4.69) is 18.3 Å². The predicted molar refractivity (Wildman–Crippen MR) is 81.5 cm³/mol.